The van der Waals surface area contributed by atoms with Crippen LogP contribution in [0.2, 0.25) is 0 Å². The molecule has 4 aromatic carbocycles. The van der Waals surface area contributed by atoms with Gasteiger partial charge in [0.05, 0.1) is 16.9 Å². The monoisotopic (exact) mass is 599 g/mol. The molecule has 0 aromatic heterocycles. The van der Waals surface area contributed by atoms with E-state index in [1.165, 1.54) is 24.3 Å². The number of allylic oxidation sites excluding steroid dienone is 1. The average molecular weight is 600 g/mol. The fourth-order valence-corrected chi connectivity index (χ4v) is 7.53. The lowest BCUT2D eigenvalue weighted by atomic mass is 9.64. The lowest BCUT2D eigenvalue weighted by Gasteiger charge is -2.39. The van der Waals surface area contributed by atoms with E-state index in [-0.39, 0.29) is 29.5 Å². The summed E-state index contributed by atoms with van der Waals surface area (Å²) in [6.07, 6.45) is 1.98. The Hall–Kier alpha value is -5.77. The Morgan fingerprint density at radius 3 is 2.42 bits per heavy atom. The van der Waals surface area contributed by atoms with Crippen LogP contribution in [0.15, 0.2) is 97.1 Å². The van der Waals surface area contributed by atoms with Crippen LogP contribution in [0, 0.1) is 16.0 Å². The Labute approximate surface area is 257 Å². The van der Waals surface area contributed by atoms with Gasteiger partial charge in [-0.2, -0.15) is 0 Å². The average Bonchev–Trinajstić information content (AvgIpc) is 3.73. The number of carbonyl (C=O) groups is 3. The van der Waals surface area contributed by atoms with Gasteiger partial charge >= 0.3 is 0 Å². The molecule has 1 fully saturated rings. The number of amides is 1. The summed E-state index contributed by atoms with van der Waals surface area (Å²) in [7, 11) is 0. The van der Waals surface area contributed by atoms with Crippen molar-refractivity contribution >= 4 is 40.1 Å². The normalized spacial score (nSPS) is 23.6. The van der Waals surface area contributed by atoms with Crippen molar-refractivity contribution in [3.63, 3.8) is 0 Å². The summed E-state index contributed by atoms with van der Waals surface area (Å²) in [6, 6.07) is 23.3. The highest BCUT2D eigenvalue weighted by atomic mass is 16.7. The van der Waals surface area contributed by atoms with Gasteiger partial charge in [0.1, 0.15) is 11.5 Å². The number of non-ortho nitro benzene ring substituents is 1. The summed E-state index contributed by atoms with van der Waals surface area (Å²) in [5, 5.41) is 14.4. The number of ketones is 2. The maximum absolute atomic E-state index is 15.0. The van der Waals surface area contributed by atoms with Gasteiger partial charge in [-0.15, -0.1) is 0 Å². The Balaban J connectivity index is 1.40. The van der Waals surface area contributed by atoms with Crippen LogP contribution in [0.1, 0.15) is 38.8 Å². The molecular formula is C35H25N3O7. The van der Waals surface area contributed by atoms with E-state index in [2.05, 4.69) is 5.32 Å². The molecule has 4 aliphatic heterocycles. The maximum Gasteiger partial charge on any atom is 0.269 e. The number of fused-ring (bicyclic) bond motifs is 7. The Bertz CT molecular complexity index is 2000. The van der Waals surface area contributed by atoms with Crippen LogP contribution >= 0.6 is 0 Å². The molecule has 0 unspecified atom stereocenters. The van der Waals surface area contributed by atoms with E-state index in [0.717, 1.165) is 16.8 Å². The van der Waals surface area contributed by atoms with Crippen LogP contribution in [0.3, 0.4) is 0 Å². The number of nitrogens with zero attached hydrogens (tertiary/aromatic N) is 2. The number of anilines is 2. The largest absolute Gasteiger partial charge is 0.454 e. The minimum atomic E-state index is -1.49. The first-order valence-electron chi connectivity index (χ1n) is 14.5. The smallest absolute Gasteiger partial charge is 0.269 e. The molecule has 222 valence electrons. The third-order valence-corrected chi connectivity index (χ3v) is 9.45. The number of carbonyl (C=O) groups excluding carboxylic acids is 3. The third-order valence-electron chi connectivity index (χ3n) is 9.45. The SMILES string of the molecule is CC1=C[C@H]2N(c3ccccc31)[C@@H](C(=O)c1ccc([N+](=O)[O-])cc1)[C@@H](C(=O)c1ccc3c(c1)OCO3)[C@]21C(=O)Nc2ccccc21. The minimum Gasteiger partial charge on any atom is -0.454 e. The lowest BCUT2D eigenvalue weighted by molar-refractivity contribution is -0.384. The molecule has 1 N–H and O–H groups in total. The Morgan fingerprint density at radius 2 is 1.62 bits per heavy atom. The van der Waals surface area contributed by atoms with Gasteiger partial charge in [-0.3, -0.25) is 24.5 Å². The molecule has 8 rings (SSSR count). The second kappa shape index (κ2) is 9.62. The van der Waals surface area contributed by atoms with Crippen molar-refractivity contribution in [1.82, 2.24) is 0 Å². The van der Waals surface area contributed by atoms with E-state index in [1.807, 2.05) is 60.4 Å². The summed E-state index contributed by atoms with van der Waals surface area (Å²) in [4.78, 5) is 57.1. The van der Waals surface area contributed by atoms with Gasteiger partial charge in [-0.05, 0) is 60.5 Å². The van der Waals surface area contributed by atoms with Gasteiger partial charge in [-0.25, -0.2) is 0 Å². The number of nitro benzene ring substituents is 1. The summed E-state index contributed by atoms with van der Waals surface area (Å²) >= 11 is 0. The zero-order valence-corrected chi connectivity index (χ0v) is 23.9. The fourth-order valence-electron chi connectivity index (χ4n) is 7.53. The molecule has 45 heavy (non-hydrogen) atoms. The van der Waals surface area contributed by atoms with Crippen LogP contribution in [0.25, 0.3) is 5.57 Å². The van der Waals surface area contributed by atoms with E-state index in [4.69, 9.17) is 9.47 Å². The second-order valence-electron chi connectivity index (χ2n) is 11.6. The van der Waals surface area contributed by atoms with Gasteiger partial charge < -0.3 is 19.7 Å². The van der Waals surface area contributed by atoms with E-state index in [0.29, 0.717) is 22.7 Å². The summed E-state index contributed by atoms with van der Waals surface area (Å²) in [6.45, 7) is 1.98. The molecule has 10 nitrogen and oxygen atoms in total. The standard InChI is InChI=1S/C35H25N3O7/c1-19-16-29-35(24-7-3-4-8-25(24)36-34(35)41)30(32(39)21-12-15-27-28(17-21)45-18-44-27)31(37(29)26-9-5-2-6-23(19)26)33(40)20-10-13-22(14-11-20)38(42)43/h2-17,29-31H,18H2,1H3,(H,36,41)/t29-,30+,31-,35-/m1/s1. The Kier molecular flexibility index (Phi) is 5.73. The lowest BCUT2D eigenvalue weighted by Crippen LogP contribution is -2.51. The van der Waals surface area contributed by atoms with Crippen molar-refractivity contribution in [1.29, 1.82) is 0 Å². The van der Waals surface area contributed by atoms with Gasteiger partial charge in [0.2, 0.25) is 12.7 Å². The summed E-state index contributed by atoms with van der Waals surface area (Å²) in [5.74, 6) is -1.49. The number of Topliss-reactive ketones (excluding diaryl/α,β-unsaturated/α-hetero) is 2. The van der Waals surface area contributed by atoms with Gasteiger partial charge in [0.15, 0.2) is 23.1 Å². The number of rotatable bonds is 5. The first kappa shape index (κ1) is 26.8. The molecule has 4 atom stereocenters. The molecule has 0 aliphatic carbocycles. The molecule has 4 aromatic rings. The van der Waals surface area contributed by atoms with E-state index in [1.54, 1.807) is 24.3 Å². The molecule has 4 aliphatic rings. The maximum atomic E-state index is 15.0. The van der Waals surface area contributed by atoms with Crippen LogP contribution in [-0.2, 0) is 10.2 Å². The highest BCUT2D eigenvalue weighted by Gasteiger charge is 2.70. The minimum absolute atomic E-state index is 0.0219. The van der Waals surface area contributed by atoms with Crippen molar-refractivity contribution in [2.45, 2.75) is 24.4 Å². The highest BCUT2D eigenvalue weighted by molar-refractivity contribution is 6.18. The number of nitro groups is 1. The van der Waals surface area contributed by atoms with Crippen molar-refractivity contribution in [2.24, 2.45) is 5.92 Å². The first-order valence-corrected chi connectivity index (χ1v) is 14.5. The van der Waals surface area contributed by atoms with E-state index in [9.17, 15) is 19.7 Å². The molecule has 4 heterocycles. The zero-order valence-electron chi connectivity index (χ0n) is 23.9. The molecule has 1 saturated heterocycles. The topological polar surface area (TPSA) is 128 Å². The van der Waals surface area contributed by atoms with E-state index < -0.39 is 39.9 Å². The van der Waals surface area contributed by atoms with E-state index >= 15 is 4.79 Å². The third kappa shape index (κ3) is 3.65. The molecule has 0 bridgehead atoms. The Morgan fingerprint density at radius 1 is 0.911 bits per heavy atom. The van der Waals surface area contributed by atoms with Crippen LogP contribution in [0.5, 0.6) is 11.5 Å². The quantitative estimate of drug-likeness (QED) is 0.179. The summed E-state index contributed by atoms with van der Waals surface area (Å²) in [5.41, 5.74) is 2.56. The first-order chi connectivity index (χ1) is 21.8. The number of hydrogen-bond acceptors (Lipinski definition) is 8. The molecule has 0 saturated carbocycles. The molecule has 0 radical (unpaired) electrons. The second-order valence-corrected chi connectivity index (χ2v) is 11.6. The number of benzene rings is 4. The zero-order chi connectivity index (χ0) is 31.0. The fraction of sp³-hybridized carbons (Fsp3) is 0.171. The number of ether oxygens (including phenoxy) is 2. The molecule has 1 spiro atoms. The molecule has 1 amide bonds. The van der Waals surface area contributed by atoms with Gasteiger partial charge in [0, 0.05) is 40.2 Å². The van der Waals surface area contributed by atoms with Crippen molar-refractivity contribution in [3.8, 4) is 11.5 Å². The van der Waals surface area contributed by atoms with Crippen molar-refractivity contribution in [2.75, 3.05) is 17.0 Å². The summed E-state index contributed by atoms with van der Waals surface area (Å²) < 4.78 is 11.1. The van der Waals surface area contributed by atoms with Crippen molar-refractivity contribution < 1.29 is 28.8 Å². The molecule has 10 heteroatoms. The number of para-hydroxylation sites is 2. The number of nitrogens with one attached hydrogen (secondary N) is 1. The number of hydrogen-bond donors (Lipinski definition) is 1. The molecular weight excluding hydrogens is 574 g/mol. The predicted octanol–water partition coefficient (Wildman–Crippen LogP) is 5.57. The van der Waals surface area contributed by atoms with Gasteiger partial charge in [0.25, 0.3) is 5.69 Å². The van der Waals surface area contributed by atoms with Crippen LogP contribution < -0.4 is 19.7 Å². The van der Waals surface area contributed by atoms with Gasteiger partial charge in [-0.1, -0.05) is 42.5 Å². The predicted molar refractivity (Wildman–Crippen MR) is 165 cm³/mol. The van der Waals surface area contributed by atoms with Crippen LogP contribution in [0.4, 0.5) is 17.1 Å². The van der Waals surface area contributed by atoms with Crippen molar-refractivity contribution in [3.05, 3.63) is 129 Å². The van der Waals surface area contributed by atoms with Crippen LogP contribution in [-0.4, -0.2) is 41.3 Å². The highest BCUT2D eigenvalue weighted by Crippen LogP contribution is 2.59.